The van der Waals surface area contributed by atoms with Crippen molar-refractivity contribution in [2.75, 3.05) is 14.1 Å². The molecule has 1 rings (SSSR count). The van der Waals surface area contributed by atoms with Crippen LogP contribution in [0.4, 0.5) is 4.79 Å². The topological polar surface area (TPSA) is 54.5 Å². The van der Waals surface area contributed by atoms with Gasteiger partial charge in [0, 0.05) is 18.8 Å². The summed E-state index contributed by atoms with van der Waals surface area (Å²) < 4.78 is 5.28. The number of carbonyl (C=O) groups is 1. The Hall–Kier alpha value is -1.62. The molecule has 0 saturated carbocycles. The van der Waals surface area contributed by atoms with Crippen LogP contribution in [0.5, 0.6) is 5.75 Å². The van der Waals surface area contributed by atoms with Crippen LogP contribution in [0.1, 0.15) is 26.0 Å². The average molecular weight is 251 g/mol. The summed E-state index contributed by atoms with van der Waals surface area (Å²) in [6.45, 7) is 4.57. The van der Waals surface area contributed by atoms with Crippen molar-refractivity contribution in [3.8, 4) is 5.75 Å². The molecular formula is C13H21N3O2. The summed E-state index contributed by atoms with van der Waals surface area (Å²) in [5.41, 5.74) is 0.752. The number of hydrogen-bond donors (Lipinski definition) is 1. The average Bonchev–Trinajstić information content (AvgIpc) is 2.30. The Morgan fingerprint density at radius 2 is 2.28 bits per heavy atom. The Morgan fingerprint density at radius 1 is 1.56 bits per heavy atom. The number of rotatable bonds is 5. The molecule has 1 heterocycles. The number of hydrogen-bond acceptors (Lipinski definition) is 4. The van der Waals surface area contributed by atoms with Crippen molar-refractivity contribution in [1.29, 1.82) is 0 Å². The van der Waals surface area contributed by atoms with Crippen molar-refractivity contribution in [3.63, 3.8) is 0 Å². The quantitative estimate of drug-likeness (QED) is 0.870. The lowest BCUT2D eigenvalue weighted by molar-refractivity contribution is 0.195. The van der Waals surface area contributed by atoms with Gasteiger partial charge in [-0.15, -0.1) is 0 Å². The maximum atomic E-state index is 11.6. The van der Waals surface area contributed by atoms with Crippen molar-refractivity contribution < 1.29 is 9.53 Å². The van der Waals surface area contributed by atoms with E-state index >= 15 is 0 Å². The van der Waals surface area contributed by atoms with Gasteiger partial charge in [0.15, 0.2) is 5.75 Å². The van der Waals surface area contributed by atoms with Crippen molar-refractivity contribution in [2.24, 2.45) is 0 Å². The van der Waals surface area contributed by atoms with Gasteiger partial charge in [-0.05, 0) is 39.6 Å². The van der Waals surface area contributed by atoms with Gasteiger partial charge in [-0.1, -0.05) is 6.92 Å². The zero-order valence-corrected chi connectivity index (χ0v) is 11.4. The minimum absolute atomic E-state index is 0.103. The lowest BCUT2D eigenvalue weighted by atomic mass is 10.3. The molecule has 0 bridgehead atoms. The first-order valence-corrected chi connectivity index (χ1v) is 6.10. The summed E-state index contributed by atoms with van der Waals surface area (Å²) in [6, 6.07) is 3.61. The third kappa shape index (κ3) is 4.71. The van der Waals surface area contributed by atoms with E-state index in [0.717, 1.165) is 12.1 Å². The fourth-order valence-corrected chi connectivity index (χ4v) is 1.37. The SMILES string of the molecule is CCC(C)NC(=O)Oc1cccnc1CN(C)C. The summed E-state index contributed by atoms with van der Waals surface area (Å²) in [6.07, 6.45) is 2.13. The second-order valence-electron chi connectivity index (χ2n) is 4.53. The molecule has 1 aromatic rings. The molecule has 5 nitrogen and oxygen atoms in total. The fraction of sp³-hybridized carbons (Fsp3) is 0.538. The monoisotopic (exact) mass is 251 g/mol. The molecule has 1 amide bonds. The highest BCUT2D eigenvalue weighted by Gasteiger charge is 2.12. The maximum absolute atomic E-state index is 11.6. The molecule has 100 valence electrons. The van der Waals surface area contributed by atoms with E-state index in [0.29, 0.717) is 12.3 Å². The predicted octanol–water partition coefficient (Wildman–Crippen LogP) is 2.03. The zero-order chi connectivity index (χ0) is 13.5. The third-order valence-electron chi connectivity index (χ3n) is 2.49. The van der Waals surface area contributed by atoms with Gasteiger partial charge in [0.1, 0.15) is 0 Å². The van der Waals surface area contributed by atoms with Crippen LogP contribution in [0, 0.1) is 0 Å². The number of aromatic nitrogens is 1. The van der Waals surface area contributed by atoms with Gasteiger partial charge < -0.3 is 15.0 Å². The number of amides is 1. The van der Waals surface area contributed by atoms with E-state index in [-0.39, 0.29) is 6.04 Å². The van der Waals surface area contributed by atoms with Gasteiger partial charge in [-0.3, -0.25) is 4.98 Å². The van der Waals surface area contributed by atoms with Crippen LogP contribution in [0.2, 0.25) is 0 Å². The van der Waals surface area contributed by atoms with Crippen LogP contribution in [0.25, 0.3) is 0 Å². The molecule has 0 aliphatic carbocycles. The number of nitrogens with zero attached hydrogens (tertiary/aromatic N) is 2. The predicted molar refractivity (Wildman–Crippen MR) is 70.5 cm³/mol. The van der Waals surface area contributed by atoms with Crippen LogP contribution in [0.3, 0.4) is 0 Å². The molecule has 0 spiro atoms. The second kappa shape index (κ2) is 6.96. The third-order valence-corrected chi connectivity index (χ3v) is 2.49. The van der Waals surface area contributed by atoms with Crippen LogP contribution in [-0.4, -0.2) is 36.1 Å². The second-order valence-corrected chi connectivity index (χ2v) is 4.53. The van der Waals surface area contributed by atoms with Crippen molar-refractivity contribution in [3.05, 3.63) is 24.0 Å². The van der Waals surface area contributed by atoms with Crippen LogP contribution >= 0.6 is 0 Å². The Kier molecular flexibility index (Phi) is 5.58. The van der Waals surface area contributed by atoms with Crippen molar-refractivity contribution in [2.45, 2.75) is 32.9 Å². The van der Waals surface area contributed by atoms with Gasteiger partial charge in [0.05, 0.1) is 5.69 Å². The molecule has 1 unspecified atom stereocenters. The first kappa shape index (κ1) is 14.4. The Morgan fingerprint density at radius 3 is 2.89 bits per heavy atom. The van der Waals surface area contributed by atoms with E-state index in [1.54, 1.807) is 18.3 Å². The Balaban J connectivity index is 2.68. The number of nitrogens with one attached hydrogen (secondary N) is 1. The number of ether oxygens (including phenoxy) is 1. The maximum Gasteiger partial charge on any atom is 0.412 e. The highest BCUT2D eigenvalue weighted by atomic mass is 16.6. The molecule has 1 N–H and O–H groups in total. The lowest BCUT2D eigenvalue weighted by Gasteiger charge is -2.15. The first-order valence-electron chi connectivity index (χ1n) is 6.10. The smallest absolute Gasteiger partial charge is 0.408 e. The van der Waals surface area contributed by atoms with Crippen LogP contribution in [0.15, 0.2) is 18.3 Å². The van der Waals surface area contributed by atoms with Gasteiger partial charge >= 0.3 is 6.09 Å². The van der Waals surface area contributed by atoms with Crippen molar-refractivity contribution in [1.82, 2.24) is 15.2 Å². The minimum Gasteiger partial charge on any atom is -0.408 e. The molecule has 0 aromatic carbocycles. The number of carbonyl (C=O) groups excluding carboxylic acids is 1. The summed E-state index contributed by atoms with van der Waals surface area (Å²) in [5, 5.41) is 2.76. The van der Waals surface area contributed by atoms with Gasteiger partial charge in [0.2, 0.25) is 0 Å². The first-order chi connectivity index (χ1) is 8.52. The molecule has 5 heteroatoms. The standard InChI is InChI=1S/C13H21N3O2/c1-5-10(2)15-13(17)18-12-7-6-8-14-11(12)9-16(3)4/h6-8,10H,5,9H2,1-4H3,(H,15,17). The molecule has 1 aromatic heterocycles. The molecule has 0 aliphatic heterocycles. The fourth-order valence-electron chi connectivity index (χ4n) is 1.37. The minimum atomic E-state index is -0.433. The molecule has 1 atom stereocenters. The van der Waals surface area contributed by atoms with Crippen LogP contribution < -0.4 is 10.1 Å². The van der Waals surface area contributed by atoms with E-state index in [9.17, 15) is 4.79 Å². The van der Waals surface area contributed by atoms with Gasteiger partial charge in [-0.25, -0.2) is 4.79 Å². The Labute approximate surface area is 108 Å². The highest BCUT2D eigenvalue weighted by molar-refractivity contribution is 5.70. The highest BCUT2D eigenvalue weighted by Crippen LogP contribution is 2.16. The van der Waals surface area contributed by atoms with Crippen molar-refractivity contribution >= 4 is 6.09 Å². The van der Waals surface area contributed by atoms with E-state index in [2.05, 4.69) is 10.3 Å². The normalized spacial score (nSPS) is 12.3. The zero-order valence-electron chi connectivity index (χ0n) is 11.4. The summed E-state index contributed by atoms with van der Waals surface area (Å²) in [5.74, 6) is 0.506. The molecule has 18 heavy (non-hydrogen) atoms. The van der Waals surface area contributed by atoms with Gasteiger partial charge in [-0.2, -0.15) is 0 Å². The molecular weight excluding hydrogens is 230 g/mol. The van der Waals surface area contributed by atoms with E-state index in [1.165, 1.54) is 0 Å². The van der Waals surface area contributed by atoms with Crippen LogP contribution in [-0.2, 0) is 6.54 Å². The largest absolute Gasteiger partial charge is 0.412 e. The molecule has 0 fully saturated rings. The van der Waals surface area contributed by atoms with E-state index in [4.69, 9.17) is 4.74 Å². The lowest BCUT2D eigenvalue weighted by Crippen LogP contribution is -2.34. The molecule has 0 saturated heterocycles. The van der Waals surface area contributed by atoms with Gasteiger partial charge in [0.25, 0.3) is 0 Å². The summed E-state index contributed by atoms with van der Waals surface area (Å²) in [4.78, 5) is 17.8. The van der Waals surface area contributed by atoms with E-state index < -0.39 is 6.09 Å². The number of pyridine rings is 1. The van der Waals surface area contributed by atoms with E-state index in [1.807, 2.05) is 32.8 Å². The molecule has 0 radical (unpaired) electrons. The summed E-state index contributed by atoms with van der Waals surface area (Å²) >= 11 is 0. The summed E-state index contributed by atoms with van der Waals surface area (Å²) in [7, 11) is 3.88. The molecule has 0 aliphatic rings. The Bertz CT molecular complexity index is 394.